The molecule has 1 heterocycles. The van der Waals surface area contributed by atoms with E-state index in [1.54, 1.807) is 62.1 Å². The van der Waals surface area contributed by atoms with Crippen molar-refractivity contribution in [2.45, 2.75) is 202 Å². The first-order valence-electron chi connectivity index (χ1n) is 31.5. The maximum Gasteiger partial charge on any atom is 0.410 e. The molecule has 1 aliphatic heterocycles. The van der Waals surface area contributed by atoms with Crippen LogP contribution in [0, 0.1) is 47.3 Å². The van der Waals surface area contributed by atoms with Gasteiger partial charge in [-0.3, -0.25) is 33.6 Å². The van der Waals surface area contributed by atoms with Crippen LogP contribution in [0.1, 0.15) is 170 Å². The zero-order chi connectivity index (χ0) is 66.1. The summed E-state index contributed by atoms with van der Waals surface area (Å²) in [4.78, 5) is 139. The molecule has 7 amide bonds. The molecule has 12 atom stereocenters. The third-order valence-electron chi connectivity index (χ3n) is 17.5. The van der Waals surface area contributed by atoms with E-state index in [4.69, 9.17) is 19.9 Å². The smallest absolute Gasteiger partial charge is 0.410 e. The van der Waals surface area contributed by atoms with Crippen molar-refractivity contribution in [2.75, 3.05) is 46.7 Å². The number of benzene rings is 2. The summed E-state index contributed by atoms with van der Waals surface area (Å²) in [5, 5.41) is 19.1. The fraction of sp³-hybridized carbons (Fsp3) is 0.672. The van der Waals surface area contributed by atoms with Gasteiger partial charge in [0, 0.05) is 96.9 Å². The van der Waals surface area contributed by atoms with Crippen molar-refractivity contribution in [1.82, 2.24) is 25.3 Å². The lowest BCUT2D eigenvalue weighted by Crippen LogP contribution is -2.54. The van der Waals surface area contributed by atoms with Crippen molar-refractivity contribution in [3.05, 3.63) is 65.7 Å². The van der Waals surface area contributed by atoms with Crippen molar-refractivity contribution < 1.29 is 67.3 Å². The van der Waals surface area contributed by atoms with Crippen LogP contribution in [0.3, 0.4) is 0 Å². The van der Waals surface area contributed by atoms with Gasteiger partial charge in [-0.15, -0.1) is 0 Å². The third kappa shape index (κ3) is 23.1. The Bertz CT molecular complexity index is 2600. The summed E-state index contributed by atoms with van der Waals surface area (Å²) in [7, 11) is 6.25. The van der Waals surface area contributed by atoms with Gasteiger partial charge in [0.1, 0.15) is 18.2 Å². The van der Waals surface area contributed by atoms with E-state index in [0.717, 1.165) is 5.56 Å². The lowest BCUT2D eigenvalue weighted by molar-refractivity contribution is -0.149. The van der Waals surface area contributed by atoms with Crippen LogP contribution in [0.2, 0.25) is 0 Å². The number of rotatable bonds is 39. The number of methoxy groups -OCH3 is 2. The number of nitrogens with zero attached hydrogens (tertiary/aromatic N) is 3. The molecule has 0 unspecified atom stereocenters. The number of hydrogen-bond acceptors (Lipinski definition) is 14. The summed E-state index contributed by atoms with van der Waals surface area (Å²) in [6, 6.07) is 12.3. The van der Waals surface area contributed by atoms with Crippen LogP contribution < -0.4 is 21.7 Å². The van der Waals surface area contributed by atoms with Crippen LogP contribution in [0.25, 0.3) is 0 Å². The average molecular weight is 1230 g/mol. The monoisotopic (exact) mass is 1230 g/mol. The van der Waals surface area contributed by atoms with Gasteiger partial charge in [-0.05, 0) is 91.9 Å². The minimum atomic E-state index is -0.956. The van der Waals surface area contributed by atoms with Crippen molar-refractivity contribution >= 4 is 64.6 Å². The Balaban J connectivity index is 1.71. The molecule has 2 aromatic carbocycles. The van der Waals surface area contributed by atoms with Crippen LogP contribution in [-0.4, -0.2) is 156 Å². The molecule has 1 fully saturated rings. The number of anilines is 1. The molecule has 1 aliphatic rings. The first-order chi connectivity index (χ1) is 41.5. The first kappa shape index (κ1) is 75.7. The number of aliphatic hydroxyl groups excluding tert-OH is 1. The molecule has 492 valence electrons. The highest BCUT2D eigenvalue weighted by atomic mass is 16.6. The molecule has 0 aliphatic carbocycles. The second-order valence-corrected chi connectivity index (χ2v) is 25.3. The molecule has 1 saturated heterocycles. The van der Waals surface area contributed by atoms with Gasteiger partial charge >= 0.3 is 12.1 Å². The van der Waals surface area contributed by atoms with Gasteiger partial charge in [0.15, 0.2) is 11.6 Å². The number of amides is 7. The molecule has 0 radical (unpaired) electrons. The summed E-state index contributed by atoms with van der Waals surface area (Å²) >= 11 is 0. The zero-order valence-corrected chi connectivity index (χ0v) is 55.1. The van der Waals surface area contributed by atoms with E-state index in [9.17, 15) is 53.1 Å². The molecule has 0 bridgehead atoms. The van der Waals surface area contributed by atoms with Crippen molar-refractivity contribution in [1.29, 1.82) is 0 Å². The summed E-state index contributed by atoms with van der Waals surface area (Å²) in [6.45, 7) is 20.5. The topological polar surface area (TPSA) is 290 Å². The number of carbonyl (C=O) groups excluding carboxylic acids is 10. The number of ketones is 4. The number of primary amides is 1. The lowest BCUT2D eigenvalue weighted by Gasteiger charge is -2.41. The zero-order valence-electron chi connectivity index (χ0n) is 55.1. The number of hydrogen-bond donors (Lipinski definition) is 5. The Morgan fingerprint density at radius 2 is 1.39 bits per heavy atom. The number of nitrogens with one attached hydrogen (secondary N) is 3. The Labute approximate surface area is 523 Å². The van der Waals surface area contributed by atoms with Crippen LogP contribution >= 0.6 is 0 Å². The van der Waals surface area contributed by atoms with Crippen molar-refractivity contribution in [2.24, 2.45) is 53.1 Å². The molecule has 2 aromatic rings. The Morgan fingerprint density at radius 3 is 1.94 bits per heavy atom. The van der Waals surface area contributed by atoms with Crippen LogP contribution in [0.15, 0.2) is 54.6 Å². The average Bonchev–Trinajstić information content (AvgIpc) is 4.06. The Kier molecular flexibility index (Phi) is 32.2. The highest BCUT2D eigenvalue weighted by molar-refractivity contribution is 5.97. The second kappa shape index (κ2) is 37.4. The molecular formula is C67H105N7O14. The SMILES string of the molecule is CC[C@H](C)[C@@H]([C@@H](CC(=O)N1CCC[C@H]1[C@H](OC)[C@@H](C)C(=O)C[C@H](C)[C@@H](O)c1ccccc1)OC)N(C)C(=O)[C@@H](CC(=O)[C@H](C(C)C)N(C)C(=O)OCc1ccc(NC(=O)[C@H](CCCNC(N)=O)CC(=O)[C@@H](NC(=O)CCCC(C)=O)C(C)C)cc1)C(C)C. The minimum absolute atomic E-state index is 0.0414. The molecule has 21 heteroatoms. The maximum atomic E-state index is 14.9. The number of ether oxygens (including phenoxy) is 3. The van der Waals surface area contributed by atoms with E-state index in [-0.39, 0.29) is 135 Å². The molecule has 3 rings (SSSR count). The molecular weight excluding hydrogens is 1130 g/mol. The second-order valence-electron chi connectivity index (χ2n) is 25.3. The summed E-state index contributed by atoms with van der Waals surface area (Å²) in [5.74, 6) is -5.72. The minimum Gasteiger partial charge on any atom is -0.445 e. The first-order valence-corrected chi connectivity index (χ1v) is 31.5. The number of likely N-dealkylation sites (tertiary alicyclic amines) is 1. The summed E-state index contributed by atoms with van der Waals surface area (Å²) in [5.41, 5.74) is 6.93. The molecule has 0 spiro atoms. The van der Waals surface area contributed by atoms with Crippen molar-refractivity contribution in [3.63, 3.8) is 0 Å². The maximum absolute atomic E-state index is 14.9. The Hall–Kier alpha value is -6.58. The normalized spacial score (nSPS) is 17.1. The fourth-order valence-electron chi connectivity index (χ4n) is 12.1. The van der Waals surface area contributed by atoms with Gasteiger partial charge < -0.3 is 60.5 Å². The van der Waals surface area contributed by atoms with Gasteiger partial charge in [-0.1, -0.05) is 118 Å². The van der Waals surface area contributed by atoms with Gasteiger partial charge in [-0.25, -0.2) is 9.59 Å². The predicted molar refractivity (Wildman–Crippen MR) is 337 cm³/mol. The molecule has 0 saturated carbocycles. The number of aliphatic hydroxyl groups is 1. The number of nitrogens with two attached hydrogens (primary N) is 1. The summed E-state index contributed by atoms with van der Waals surface area (Å²) < 4.78 is 17.8. The van der Waals surface area contributed by atoms with Gasteiger partial charge in [-0.2, -0.15) is 0 Å². The highest BCUT2D eigenvalue weighted by Crippen LogP contribution is 2.33. The van der Waals surface area contributed by atoms with Crippen LogP contribution in [0.5, 0.6) is 0 Å². The number of carbonyl (C=O) groups is 10. The molecule has 0 aromatic heterocycles. The number of likely N-dealkylation sites (N-methyl/N-ethyl adjacent to an activating group) is 2. The number of urea groups is 1. The van der Waals surface area contributed by atoms with Gasteiger partial charge in [0.2, 0.25) is 23.6 Å². The number of Topliss-reactive ketones (excluding diaryl/α,β-unsaturated/α-hetero) is 4. The largest absolute Gasteiger partial charge is 0.445 e. The fourth-order valence-corrected chi connectivity index (χ4v) is 12.1. The molecule has 6 N–H and O–H groups in total. The predicted octanol–water partition coefficient (Wildman–Crippen LogP) is 8.62. The third-order valence-corrected chi connectivity index (χ3v) is 17.5. The van der Waals surface area contributed by atoms with Crippen LogP contribution in [0.4, 0.5) is 15.3 Å². The standard InChI is InChI=1S/C67H105N7O14/c1-16-43(8)61(56(86-14)38-58(80)74-34-22-27-52(74)63(87-15)46(11)53(76)35-44(9)62(81)48-24-18-17-19-25-48)72(12)65(83)51(40(2)3)37-55(78)60(42(6)7)73(13)67(85)88-39-47-29-31-50(32-30-47)70-64(82)49(26-21-33-69-66(68)84)36-54(77)59(41(4)5)71-57(79)28-20-23-45(10)75/h17-19,24-25,29-32,40-44,46,49,51-52,56,59-63,81H,16,20-23,26-28,33-39H2,1-15H3,(H,70,82)(H,71,79)(H3,68,69,84)/t43-,44-,46-,49+,51-,52-,56+,59-,60-,61-,62+,63+/m0/s1. The Morgan fingerprint density at radius 1 is 0.739 bits per heavy atom. The van der Waals surface area contributed by atoms with Gasteiger partial charge in [0.05, 0.1) is 48.9 Å². The van der Waals surface area contributed by atoms with E-state index >= 15 is 0 Å². The van der Waals surface area contributed by atoms with E-state index in [2.05, 4.69) is 16.0 Å². The van der Waals surface area contributed by atoms with E-state index in [0.29, 0.717) is 49.9 Å². The molecule has 88 heavy (non-hydrogen) atoms. The lowest BCUT2D eigenvalue weighted by atomic mass is 9.83. The van der Waals surface area contributed by atoms with E-state index < -0.39 is 72.2 Å². The van der Waals surface area contributed by atoms with Crippen LogP contribution in [-0.2, 0) is 59.2 Å². The van der Waals surface area contributed by atoms with Crippen molar-refractivity contribution in [3.8, 4) is 0 Å². The quantitative estimate of drug-likeness (QED) is 0.0392. The molecule has 21 nitrogen and oxygen atoms in total. The highest BCUT2D eigenvalue weighted by Gasteiger charge is 2.44. The van der Waals surface area contributed by atoms with E-state index in [1.807, 2.05) is 85.7 Å². The van der Waals surface area contributed by atoms with E-state index in [1.165, 1.54) is 26.0 Å². The van der Waals surface area contributed by atoms with Gasteiger partial charge in [0.25, 0.3) is 0 Å². The summed E-state index contributed by atoms with van der Waals surface area (Å²) in [6.07, 6.45) is 0.0196.